The van der Waals surface area contributed by atoms with E-state index in [1.165, 1.54) is 25.7 Å². The van der Waals surface area contributed by atoms with Crippen molar-refractivity contribution < 1.29 is 49.0 Å². The van der Waals surface area contributed by atoms with E-state index in [1.807, 2.05) is 0 Å². The van der Waals surface area contributed by atoms with Gasteiger partial charge in [0, 0.05) is 19.6 Å². The van der Waals surface area contributed by atoms with Crippen molar-refractivity contribution in [2.45, 2.75) is 146 Å². The number of rotatable bonds is 21. The van der Waals surface area contributed by atoms with E-state index in [0.717, 1.165) is 71.0 Å². The van der Waals surface area contributed by atoms with E-state index in [2.05, 4.69) is 0 Å². The van der Waals surface area contributed by atoms with Crippen molar-refractivity contribution in [2.75, 3.05) is 19.8 Å². The molecular formula is C26H43F9O2. The van der Waals surface area contributed by atoms with E-state index in [1.54, 1.807) is 0 Å². The molecule has 0 bridgehead atoms. The van der Waals surface area contributed by atoms with Crippen LogP contribution < -0.4 is 0 Å². The summed E-state index contributed by atoms with van der Waals surface area (Å²) in [4.78, 5) is 0. The minimum absolute atomic E-state index is 0.0721. The summed E-state index contributed by atoms with van der Waals surface area (Å²) in [6.07, 6.45) is 6.71. The van der Waals surface area contributed by atoms with E-state index in [0.29, 0.717) is 19.4 Å². The van der Waals surface area contributed by atoms with Crippen LogP contribution in [0.2, 0.25) is 0 Å². The van der Waals surface area contributed by atoms with Gasteiger partial charge in [0.1, 0.15) is 0 Å². The standard InChI is InChI=1S/C26H43F9O2/c27-23(28,24(29,30)25(31,32)26(33,34)35)18-14-11-9-7-5-3-1-2-4-6-8-10-12-15-19-36-21-22-17-13-16-20-37-22/h22H,1-21H2. The number of hydrogen-bond acceptors (Lipinski definition) is 2. The third-order valence-corrected chi connectivity index (χ3v) is 6.82. The van der Waals surface area contributed by atoms with Gasteiger partial charge in [-0.25, -0.2) is 0 Å². The molecule has 1 rings (SSSR count). The summed E-state index contributed by atoms with van der Waals surface area (Å²) in [5, 5.41) is 0. The van der Waals surface area contributed by atoms with Crippen molar-refractivity contribution >= 4 is 0 Å². The lowest BCUT2D eigenvalue weighted by Gasteiger charge is -2.33. The number of ether oxygens (including phenoxy) is 2. The summed E-state index contributed by atoms with van der Waals surface area (Å²) in [5.74, 6) is -18.7. The van der Waals surface area contributed by atoms with Crippen LogP contribution in [0.25, 0.3) is 0 Å². The van der Waals surface area contributed by atoms with Crippen molar-refractivity contribution in [3.8, 4) is 0 Å². The monoisotopic (exact) mass is 558 g/mol. The minimum atomic E-state index is -6.79. The zero-order valence-corrected chi connectivity index (χ0v) is 21.6. The van der Waals surface area contributed by atoms with E-state index < -0.39 is 36.8 Å². The molecule has 0 radical (unpaired) electrons. The second kappa shape index (κ2) is 17.1. The van der Waals surface area contributed by atoms with Crippen LogP contribution in [0, 0.1) is 0 Å². The van der Waals surface area contributed by atoms with Gasteiger partial charge < -0.3 is 9.47 Å². The number of alkyl halides is 9. The maximum absolute atomic E-state index is 13.4. The average Bonchev–Trinajstić information content (AvgIpc) is 2.83. The molecule has 0 aromatic carbocycles. The van der Waals surface area contributed by atoms with Crippen molar-refractivity contribution in [2.24, 2.45) is 0 Å². The lowest BCUT2D eigenvalue weighted by atomic mass is 9.97. The third-order valence-electron chi connectivity index (χ3n) is 6.82. The lowest BCUT2D eigenvalue weighted by Crippen LogP contribution is -2.60. The smallest absolute Gasteiger partial charge is 0.379 e. The van der Waals surface area contributed by atoms with Gasteiger partial charge in [0.25, 0.3) is 0 Å². The third kappa shape index (κ3) is 12.3. The Morgan fingerprint density at radius 3 is 1.46 bits per heavy atom. The summed E-state index contributed by atoms with van der Waals surface area (Å²) in [6.45, 7) is 2.32. The molecule has 0 aliphatic carbocycles. The van der Waals surface area contributed by atoms with Gasteiger partial charge in [-0.15, -0.1) is 0 Å². The van der Waals surface area contributed by atoms with Gasteiger partial charge in [0.2, 0.25) is 0 Å². The normalized spacial score (nSPS) is 17.9. The van der Waals surface area contributed by atoms with Crippen molar-refractivity contribution in [1.29, 1.82) is 0 Å². The molecular weight excluding hydrogens is 515 g/mol. The molecule has 0 aromatic rings. The maximum atomic E-state index is 13.4. The Morgan fingerprint density at radius 2 is 1.03 bits per heavy atom. The fraction of sp³-hybridized carbons (Fsp3) is 1.00. The zero-order valence-electron chi connectivity index (χ0n) is 21.6. The molecule has 1 heterocycles. The second-order valence-corrected chi connectivity index (χ2v) is 10.1. The number of hydrogen-bond donors (Lipinski definition) is 0. The van der Waals surface area contributed by atoms with E-state index in [9.17, 15) is 39.5 Å². The van der Waals surface area contributed by atoms with E-state index in [4.69, 9.17) is 9.47 Å². The van der Waals surface area contributed by atoms with Crippen LogP contribution in [0.15, 0.2) is 0 Å². The predicted octanol–water partition coefficient (Wildman–Crippen LogP) is 9.89. The molecule has 0 N–H and O–H groups in total. The summed E-state index contributed by atoms with van der Waals surface area (Å²) >= 11 is 0. The van der Waals surface area contributed by atoms with Crippen LogP contribution in [-0.2, 0) is 9.47 Å². The van der Waals surface area contributed by atoms with Crippen molar-refractivity contribution in [3.63, 3.8) is 0 Å². The summed E-state index contributed by atoms with van der Waals surface area (Å²) < 4.78 is 127. The molecule has 0 amide bonds. The van der Waals surface area contributed by atoms with E-state index >= 15 is 0 Å². The fourth-order valence-electron chi connectivity index (χ4n) is 4.39. The first-order valence-electron chi connectivity index (χ1n) is 13.7. The number of unbranched alkanes of at least 4 members (excludes halogenated alkanes) is 13. The minimum Gasteiger partial charge on any atom is -0.379 e. The number of halogens is 9. The van der Waals surface area contributed by atoms with E-state index in [-0.39, 0.29) is 12.5 Å². The second-order valence-electron chi connectivity index (χ2n) is 10.1. The Kier molecular flexibility index (Phi) is 15.8. The Hall–Kier alpha value is -0.710. The molecule has 1 atom stereocenters. The Balaban J connectivity index is 1.90. The molecule has 0 aromatic heterocycles. The SMILES string of the molecule is FC(F)(F)C(F)(F)C(F)(F)C(F)(F)CCCCCCCCCCCCCCCCOCC1CCCCO1. The quantitative estimate of drug-likeness (QED) is 0.103. The molecule has 222 valence electrons. The van der Waals surface area contributed by atoms with Gasteiger partial charge in [0.15, 0.2) is 0 Å². The molecule has 37 heavy (non-hydrogen) atoms. The predicted molar refractivity (Wildman–Crippen MR) is 125 cm³/mol. The molecule has 1 aliphatic heterocycles. The zero-order chi connectivity index (χ0) is 27.8. The van der Waals surface area contributed by atoms with Gasteiger partial charge in [0.05, 0.1) is 12.7 Å². The Labute approximate surface area is 215 Å². The van der Waals surface area contributed by atoms with Crippen molar-refractivity contribution in [3.05, 3.63) is 0 Å². The molecule has 1 unspecified atom stereocenters. The highest BCUT2D eigenvalue weighted by Gasteiger charge is 2.81. The van der Waals surface area contributed by atoms with Crippen LogP contribution in [0.5, 0.6) is 0 Å². The van der Waals surface area contributed by atoms with Gasteiger partial charge >= 0.3 is 23.9 Å². The largest absolute Gasteiger partial charge is 0.460 e. The molecule has 2 nitrogen and oxygen atoms in total. The molecule has 0 saturated carbocycles. The molecule has 0 spiro atoms. The molecule has 1 saturated heterocycles. The van der Waals surface area contributed by atoms with Crippen LogP contribution in [0.3, 0.4) is 0 Å². The lowest BCUT2D eigenvalue weighted by molar-refractivity contribution is -0.396. The van der Waals surface area contributed by atoms with Gasteiger partial charge in [-0.05, 0) is 32.1 Å². The summed E-state index contributed by atoms with van der Waals surface area (Å²) in [6, 6.07) is 0. The highest BCUT2D eigenvalue weighted by molar-refractivity contribution is 5.00. The molecule has 11 heteroatoms. The average molecular weight is 559 g/mol. The maximum Gasteiger partial charge on any atom is 0.460 e. The Bertz CT molecular complexity index is 577. The van der Waals surface area contributed by atoms with Gasteiger partial charge in [-0.3, -0.25) is 0 Å². The van der Waals surface area contributed by atoms with Gasteiger partial charge in [-0.2, -0.15) is 39.5 Å². The first-order chi connectivity index (χ1) is 17.3. The van der Waals surface area contributed by atoms with Crippen LogP contribution in [0.4, 0.5) is 39.5 Å². The fourth-order valence-corrected chi connectivity index (χ4v) is 4.39. The van der Waals surface area contributed by atoms with Gasteiger partial charge in [-0.1, -0.05) is 77.0 Å². The van der Waals surface area contributed by atoms with Crippen molar-refractivity contribution in [1.82, 2.24) is 0 Å². The first-order valence-corrected chi connectivity index (χ1v) is 13.7. The molecule has 1 aliphatic rings. The first kappa shape index (κ1) is 34.3. The summed E-state index contributed by atoms with van der Waals surface area (Å²) in [7, 11) is 0. The topological polar surface area (TPSA) is 18.5 Å². The highest BCUT2D eigenvalue weighted by atomic mass is 19.4. The van der Waals surface area contributed by atoms with Crippen LogP contribution in [-0.4, -0.2) is 49.9 Å². The molecule has 1 fully saturated rings. The van der Waals surface area contributed by atoms with Crippen LogP contribution >= 0.6 is 0 Å². The Morgan fingerprint density at radius 1 is 0.568 bits per heavy atom. The highest BCUT2D eigenvalue weighted by Crippen LogP contribution is 2.54. The summed E-state index contributed by atoms with van der Waals surface area (Å²) in [5.41, 5.74) is 0. The van der Waals surface area contributed by atoms with Crippen LogP contribution in [0.1, 0.15) is 116 Å².